The number of thioether (sulfide) groups is 1. The molecule has 0 spiro atoms. The number of nitrogens with zero attached hydrogens (tertiary/aromatic N) is 3. The first-order valence-corrected chi connectivity index (χ1v) is 11.5. The number of fused-ring (bicyclic) bond motifs is 1. The standard InChI is InChI=1S/C22H31N3O3S/c1-21(2)9-14(26)22(3,4)17-18(21)29-20(24-17)25(11-12-5-6-12)15-8-7-13(10-23-15)16-19(27)28-16/h7-8,10,12,14,16-19,26-27H,5-6,9,11H2,1-4H3. The third-order valence-corrected chi connectivity index (χ3v) is 8.78. The van der Waals surface area contributed by atoms with Crippen LogP contribution in [0.3, 0.4) is 0 Å². The lowest BCUT2D eigenvalue weighted by Gasteiger charge is -2.50. The first-order valence-electron chi connectivity index (χ1n) is 10.7. The predicted octanol–water partition coefficient (Wildman–Crippen LogP) is 3.34. The Morgan fingerprint density at radius 3 is 2.52 bits per heavy atom. The molecule has 1 saturated heterocycles. The quantitative estimate of drug-likeness (QED) is 0.732. The van der Waals surface area contributed by atoms with E-state index in [1.54, 1.807) is 6.20 Å². The third kappa shape index (κ3) is 3.50. The molecule has 3 fully saturated rings. The van der Waals surface area contributed by atoms with E-state index in [0.717, 1.165) is 29.5 Å². The van der Waals surface area contributed by atoms with Crippen LogP contribution < -0.4 is 4.90 Å². The molecule has 6 nitrogen and oxygen atoms in total. The van der Waals surface area contributed by atoms with Crippen LogP contribution in [0, 0.1) is 16.7 Å². The molecule has 4 aliphatic rings. The number of aliphatic imine (C=N–C) groups is 1. The number of pyridine rings is 1. The van der Waals surface area contributed by atoms with Gasteiger partial charge in [-0.1, -0.05) is 45.5 Å². The molecule has 5 rings (SSSR count). The average Bonchev–Trinajstić information content (AvgIpc) is 3.57. The van der Waals surface area contributed by atoms with Gasteiger partial charge >= 0.3 is 0 Å². The Kier molecular flexibility index (Phi) is 4.55. The van der Waals surface area contributed by atoms with Gasteiger partial charge in [0, 0.05) is 29.0 Å². The summed E-state index contributed by atoms with van der Waals surface area (Å²) < 4.78 is 5.15. The summed E-state index contributed by atoms with van der Waals surface area (Å²) in [7, 11) is 0. The summed E-state index contributed by atoms with van der Waals surface area (Å²) in [6.45, 7) is 9.75. The van der Waals surface area contributed by atoms with E-state index in [1.807, 2.05) is 23.9 Å². The first-order chi connectivity index (χ1) is 13.7. The zero-order chi connectivity index (χ0) is 20.6. The lowest BCUT2D eigenvalue weighted by Crippen LogP contribution is -2.55. The van der Waals surface area contributed by atoms with Crippen molar-refractivity contribution in [2.24, 2.45) is 21.7 Å². The molecule has 5 unspecified atom stereocenters. The number of aliphatic hydroxyl groups excluding tert-OH is 2. The van der Waals surface area contributed by atoms with Crippen LogP contribution in [0.2, 0.25) is 0 Å². The minimum Gasteiger partial charge on any atom is -0.392 e. The van der Waals surface area contributed by atoms with E-state index in [-0.39, 0.29) is 29.1 Å². The van der Waals surface area contributed by atoms with Crippen LogP contribution in [0.4, 0.5) is 5.82 Å². The Labute approximate surface area is 176 Å². The van der Waals surface area contributed by atoms with E-state index in [4.69, 9.17) is 14.7 Å². The number of epoxide rings is 1. The highest BCUT2D eigenvalue weighted by atomic mass is 32.2. The Balaban J connectivity index is 1.45. The van der Waals surface area contributed by atoms with E-state index in [1.165, 1.54) is 12.8 Å². The zero-order valence-electron chi connectivity index (χ0n) is 17.6. The number of amidine groups is 1. The van der Waals surface area contributed by atoms with Gasteiger partial charge in [-0.05, 0) is 36.7 Å². The van der Waals surface area contributed by atoms with Crippen molar-refractivity contribution >= 4 is 22.7 Å². The fourth-order valence-electron chi connectivity index (χ4n) is 4.65. The predicted molar refractivity (Wildman–Crippen MR) is 115 cm³/mol. The van der Waals surface area contributed by atoms with Crippen molar-refractivity contribution in [3.63, 3.8) is 0 Å². The number of rotatable bonds is 4. The second-order valence-electron chi connectivity index (χ2n) is 10.4. The maximum atomic E-state index is 10.8. The minimum absolute atomic E-state index is 0.0253. The van der Waals surface area contributed by atoms with Crippen molar-refractivity contribution in [2.75, 3.05) is 11.4 Å². The fraction of sp³-hybridized carbons (Fsp3) is 0.727. The molecule has 2 saturated carbocycles. The van der Waals surface area contributed by atoms with Gasteiger partial charge in [0.2, 0.25) is 0 Å². The van der Waals surface area contributed by atoms with Gasteiger partial charge < -0.3 is 19.8 Å². The molecular formula is C22H31N3O3S. The van der Waals surface area contributed by atoms with Crippen LogP contribution in [0.25, 0.3) is 0 Å². The number of ether oxygens (including phenoxy) is 1. The normalized spacial score (nSPS) is 37.0. The maximum absolute atomic E-state index is 10.8. The summed E-state index contributed by atoms with van der Waals surface area (Å²) in [6.07, 6.45) is 3.85. The minimum atomic E-state index is -0.695. The van der Waals surface area contributed by atoms with Crippen LogP contribution in [-0.4, -0.2) is 50.6 Å². The van der Waals surface area contributed by atoms with Crippen LogP contribution in [0.5, 0.6) is 0 Å². The van der Waals surface area contributed by atoms with Gasteiger partial charge in [-0.2, -0.15) is 0 Å². The van der Waals surface area contributed by atoms with Crippen molar-refractivity contribution in [1.82, 2.24) is 4.98 Å². The van der Waals surface area contributed by atoms with Gasteiger partial charge in [-0.3, -0.25) is 4.99 Å². The van der Waals surface area contributed by atoms with Crippen molar-refractivity contribution < 1.29 is 14.9 Å². The summed E-state index contributed by atoms with van der Waals surface area (Å²) in [5, 5.41) is 21.7. The molecular weight excluding hydrogens is 386 g/mol. The van der Waals surface area contributed by atoms with Crippen LogP contribution in [0.1, 0.15) is 58.6 Å². The summed E-state index contributed by atoms with van der Waals surface area (Å²) in [4.78, 5) is 12.2. The SMILES string of the molecule is CC1(C)CC(O)C(C)(C)C2N=C(N(CC3CC3)c3ccc(C4OC4O)cn3)SC21. The number of aliphatic hydroxyl groups is 2. The Bertz CT molecular complexity index is 821. The van der Waals surface area contributed by atoms with Crippen molar-refractivity contribution in [3.05, 3.63) is 23.9 Å². The number of aromatic nitrogens is 1. The van der Waals surface area contributed by atoms with Gasteiger partial charge in [0.1, 0.15) is 11.9 Å². The lowest BCUT2D eigenvalue weighted by molar-refractivity contribution is -0.0399. The lowest BCUT2D eigenvalue weighted by atomic mass is 9.62. The van der Waals surface area contributed by atoms with E-state index in [2.05, 4.69) is 32.6 Å². The Morgan fingerprint density at radius 1 is 1.21 bits per heavy atom. The molecule has 5 atom stereocenters. The van der Waals surface area contributed by atoms with E-state index < -0.39 is 6.29 Å². The molecule has 0 aromatic carbocycles. The molecule has 2 aliphatic heterocycles. The Morgan fingerprint density at radius 2 is 1.93 bits per heavy atom. The molecule has 0 amide bonds. The Hall–Kier alpha value is -1.15. The fourth-order valence-corrected chi connectivity index (χ4v) is 6.30. The van der Waals surface area contributed by atoms with Gasteiger partial charge in [-0.15, -0.1) is 0 Å². The van der Waals surface area contributed by atoms with Crippen LogP contribution >= 0.6 is 11.8 Å². The van der Waals surface area contributed by atoms with E-state index >= 15 is 0 Å². The van der Waals surface area contributed by atoms with Crippen molar-refractivity contribution in [2.45, 2.75) is 76.7 Å². The average molecular weight is 418 g/mol. The first kappa shape index (κ1) is 19.8. The third-order valence-electron chi connectivity index (χ3n) is 7.09. The number of anilines is 1. The summed E-state index contributed by atoms with van der Waals surface area (Å²) in [5.41, 5.74) is 0.696. The van der Waals surface area contributed by atoms with Gasteiger partial charge in [0.05, 0.1) is 12.1 Å². The molecule has 1 aromatic rings. The molecule has 29 heavy (non-hydrogen) atoms. The van der Waals surface area contributed by atoms with Crippen molar-refractivity contribution in [3.8, 4) is 0 Å². The summed E-state index contributed by atoms with van der Waals surface area (Å²) in [5.74, 6) is 1.60. The monoisotopic (exact) mass is 417 g/mol. The number of hydrogen-bond donors (Lipinski definition) is 2. The zero-order valence-corrected chi connectivity index (χ0v) is 18.4. The molecule has 0 radical (unpaired) electrons. The largest absolute Gasteiger partial charge is 0.392 e. The second-order valence-corrected chi connectivity index (χ2v) is 11.5. The molecule has 7 heteroatoms. The van der Waals surface area contributed by atoms with Crippen molar-refractivity contribution in [1.29, 1.82) is 0 Å². The highest BCUT2D eigenvalue weighted by Crippen LogP contribution is 2.55. The molecule has 3 heterocycles. The molecule has 2 N–H and O–H groups in total. The van der Waals surface area contributed by atoms with Crippen LogP contribution in [-0.2, 0) is 4.74 Å². The molecule has 0 bridgehead atoms. The highest BCUT2D eigenvalue weighted by molar-refractivity contribution is 8.15. The van der Waals surface area contributed by atoms with Crippen LogP contribution in [0.15, 0.2) is 23.3 Å². The molecule has 158 valence electrons. The number of hydrogen-bond acceptors (Lipinski definition) is 7. The van der Waals surface area contributed by atoms with E-state index in [9.17, 15) is 10.2 Å². The molecule has 2 aliphatic carbocycles. The van der Waals surface area contributed by atoms with Gasteiger partial charge in [-0.25, -0.2) is 4.98 Å². The molecule has 1 aromatic heterocycles. The maximum Gasteiger partial charge on any atom is 0.186 e. The summed E-state index contributed by atoms with van der Waals surface area (Å²) in [6, 6.07) is 4.10. The summed E-state index contributed by atoms with van der Waals surface area (Å²) >= 11 is 1.86. The topological polar surface area (TPSA) is 81.5 Å². The van der Waals surface area contributed by atoms with E-state index in [0.29, 0.717) is 11.2 Å². The van der Waals surface area contributed by atoms with Gasteiger partial charge in [0.15, 0.2) is 11.5 Å². The smallest absolute Gasteiger partial charge is 0.186 e. The second kappa shape index (κ2) is 6.67. The highest BCUT2D eigenvalue weighted by Gasteiger charge is 2.56. The van der Waals surface area contributed by atoms with Gasteiger partial charge in [0.25, 0.3) is 0 Å².